The molecule has 1 heterocycles. The number of benzene rings is 1. The summed E-state index contributed by atoms with van der Waals surface area (Å²) in [6, 6.07) is 12.4. The summed E-state index contributed by atoms with van der Waals surface area (Å²) in [6.07, 6.45) is 1.53. The van der Waals surface area contributed by atoms with Crippen LogP contribution in [0, 0.1) is 0 Å². The Morgan fingerprint density at radius 2 is 1.82 bits per heavy atom. The van der Waals surface area contributed by atoms with E-state index in [2.05, 4.69) is 15.8 Å². The summed E-state index contributed by atoms with van der Waals surface area (Å²) in [6.45, 7) is 0. The van der Waals surface area contributed by atoms with Crippen molar-refractivity contribution in [2.24, 2.45) is 0 Å². The number of anilines is 2. The quantitative estimate of drug-likeness (QED) is 0.701. The number of pyridine rings is 1. The molecule has 5 nitrogen and oxygen atoms in total. The van der Waals surface area contributed by atoms with Gasteiger partial charge in [0.2, 0.25) is 0 Å². The number of hydrogen-bond donors (Lipinski definition) is 3. The lowest BCUT2D eigenvalue weighted by atomic mass is 10.2. The maximum Gasteiger partial charge on any atom is 0.339 e. The van der Waals surface area contributed by atoms with Gasteiger partial charge >= 0.3 is 5.97 Å². The highest BCUT2D eigenvalue weighted by Gasteiger charge is 2.09. The highest BCUT2D eigenvalue weighted by atomic mass is 16.4. The highest BCUT2D eigenvalue weighted by Crippen LogP contribution is 2.12. The molecular weight excluding hydrogens is 218 g/mol. The summed E-state index contributed by atoms with van der Waals surface area (Å²) in [7, 11) is 0. The van der Waals surface area contributed by atoms with Crippen LogP contribution in [0.1, 0.15) is 10.4 Å². The Bertz CT molecular complexity index is 514. The van der Waals surface area contributed by atoms with Gasteiger partial charge in [-0.3, -0.25) is 10.9 Å². The van der Waals surface area contributed by atoms with Crippen molar-refractivity contribution in [3.05, 3.63) is 54.2 Å². The lowest BCUT2D eigenvalue weighted by Crippen LogP contribution is -2.13. The number of carboxylic acids is 1. The van der Waals surface area contributed by atoms with Gasteiger partial charge in [-0.2, -0.15) is 0 Å². The molecule has 0 amide bonds. The average Bonchev–Trinajstić information content (AvgIpc) is 2.38. The van der Waals surface area contributed by atoms with Gasteiger partial charge in [-0.15, -0.1) is 0 Å². The zero-order chi connectivity index (χ0) is 12.1. The van der Waals surface area contributed by atoms with E-state index in [1.807, 2.05) is 30.3 Å². The molecule has 1 aromatic heterocycles. The fourth-order valence-corrected chi connectivity index (χ4v) is 1.33. The topological polar surface area (TPSA) is 74.2 Å². The van der Waals surface area contributed by atoms with Crippen molar-refractivity contribution in [2.75, 3.05) is 10.9 Å². The molecule has 3 N–H and O–H groups in total. The van der Waals surface area contributed by atoms with Crippen LogP contribution in [0.2, 0.25) is 0 Å². The van der Waals surface area contributed by atoms with Crippen LogP contribution in [-0.4, -0.2) is 16.1 Å². The van der Waals surface area contributed by atoms with Crippen LogP contribution < -0.4 is 10.9 Å². The lowest BCUT2D eigenvalue weighted by Gasteiger charge is -2.10. The van der Waals surface area contributed by atoms with Crippen molar-refractivity contribution >= 4 is 17.5 Å². The monoisotopic (exact) mass is 229 g/mol. The van der Waals surface area contributed by atoms with E-state index in [4.69, 9.17) is 5.11 Å². The summed E-state index contributed by atoms with van der Waals surface area (Å²) < 4.78 is 0. The van der Waals surface area contributed by atoms with E-state index in [1.165, 1.54) is 12.3 Å². The minimum absolute atomic E-state index is 0.121. The minimum atomic E-state index is -1.02. The first-order valence-electron chi connectivity index (χ1n) is 5.03. The Hall–Kier alpha value is -2.56. The number of para-hydroxylation sites is 1. The number of hydrogen-bond acceptors (Lipinski definition) is 4. The van der Waals surface area contributed by atoms with Crippen molar-refractivity contribution in [3.8, 4) is 0 Å². The summed E-state index contributed by atoms with van der Waals surface area (Å²) >= 11 is 0. The van der Waals surface area contributed by atoms with E-state index in [1.54, 1.807) is 6.07 Å². The fraction of sp³-hybridized carbons (Fsp3) is 0. The molecule has 0 saturated carbocycles. The molecule has 0 atom stereocenters. The number of nitrogens with one attached hydrogen (secondary N) is 2. The maximum absolute atomic E-state index is 10.9. The zero-order valence-corrected chi connectivity index (χ0v) is 8.92. The van der Waals surface area contributed by atoms with E-state index in [0.29, 0.717) is 0 Å². The third-order valence-electron chi connectivity index (χ3n) is 2.14. The first kappa shape index (κ1) is 10.9. The van der Waals surface area contributed by atoms with Crippen molar-refractivity contribution in [1.29, 1.82) is 0 Å². The van der Waals surface area contributed by atoms with E-state index in [-0.39, 0.29) is 11.4 Å². The van der Waals surface area contributed by atoms with E-state index in [9.17, 15) is 4.79 Å². The van der Waals surface area contributed by atoms with Gasteiger partial charge < -0.3 is 5.11 Å². The molecular formula is C12H11N3O2. The zero-order valence-electron chi connectivity index (χ0n) is 8.92. The molecule has 5 heteroatoms. The number of carbonyl (C=O) groups is 1. The van der Waals surface area contributed by atoms with Crippen LogP contribution in [0.3, 0.4) is 0 Å². The normalized spacial score (nSPS) is 9.65. The smallest absolute Gasteiger partial charge is 0.339 e. The summed E-state index contributed by atoms with van der Waals surface area (Å²) in [5, 5.41) is 8.96. The molecule has 86 valence electrons. The fourth-order valence-electron chi connectivity index (χ4n) is 1.33. The van der Waals surface area contributed by atoms with E-state index in [0.717, 1.165) is 5.69 Å². The molecule has 0 aliphatic rings. The molecule has 0 aliphatic heterocycles. The molecule has 2 rings (SSSR count). The molecule has 0 saturated heterocycles. The third-order valence-corrected chi connectivity index (χ3v) is 2.14. The van der Waals surface area contributed by atoms with Crippen molar-refractivity contribution in [3.63, 3.8) is 0 Å². The van der Waals surface area contributed by atoms with Crippen LogP contribution in [0.4, 0.5) is 11.5 Å². The van der Waals surface area contributed by atoms with E-state index < -0.39 is 5.97 Å². The predicted octanol–water partition coefficient (Wildman–Crippen LogP) is 2.22. The molecule has 0 aliphatic carbocycles. The van der Waals surface area contributed by atoms with Gasteiger partial charge in [0, 0.05) is 6.20 Å². The van der Waals surface area contributed by atoms with Crippen LogP contribution >= 0.6 is 0 Å². The first-order chi connectivity index (χ1) is 8.27. The Balaban J connectivity index is 2.12. The molecule has 0 fully saturated rings. The van der Waals surface area contributed by atoms with Gasteiger partial charge in [-0.1, -0.05) is 18.2 Å². The lowest BCUT2D eigenvalue weighted by molar-refractivity contribution is 0.0697. The minimum Gasteiger partial charge on any atom is -0.478 e. The molecule has 0 bridgehead atoms. The number of nitrogens with zero attached hydrogens (tertiary/aromatic N) is 1. The third kappa shape index (κ3) is 2.72. The van der Waals surface area contributed by atoms with Gasteiger partial charge in [-0.25, -0.2) is 9.78 Å². The summed E-state index contributed by atoms with van der Waals surface area (Å²) in [4.78, 5) is 14.9. The molecule has 0 radical (unpaired) electrons. The van der Waals surface area contributed by atoms with Crippen molar-refractivity contribution in [2.45, 2.75) is 0 Å². The van der Waals surface area contributed by atoms with Gasteiger partial charge in [0.15, 0.2) is 5.82 Å². The van der Waals surface area contributed by atoms with E-state index >= 15 is 0 Å². The average molecular weight is 229 g/mol. The van der Waals surface area contributed by atoms with Crippen LogP contribution in [0.15, 0.2) is 48.7 Å². The van der Waals surface area contributed by atoms with Gasteiger partial charge in [0.25, 0.3) is 0 Å². The number of rotatable bonds is 4. The largest absolute Gasteiger partial charge is 0.478 e. The van der Waals surface area contributed by atoms with Crippen LogP contribution in [0.25, 0.3) is 0 Å². The molecule has 0 spiro atoms. The molecule has 0 unspecified atom stereocenters. The highest BCUT2D eigenvalue weighted by molar-refractivity contribution is 5.93. The predicted molar refractivity (Wildman–Crippen MR) is 64.9 cm³/mol. The second kappa shape index (κ2) is 4.98. The summed E-state index contributed by atoms with van der Waals surface area (Å²) in [5.41, 5.74) is 6.60. The number of aromatic nitrogens is 1. The second-order valence-electron chi connectivity index (χ2n) is 3.32. The molecule has 1 aromatic carbocycles. The van der Waals surface area contributed by atoms with Gasteiger partial charge in [0.05, 0.1) is 5.69 Å². The van der Waals surface area contributed by atoms with Gasteiger partial charge in [0.1, 0.15) is 5.56 Å². The Kier molecular flexibility index (Phi) is 3.20. The molecule has 2 aromatic rings. The second-order valence-corrected chi connectivity index (χ2v) is 3.32. The van der Waals surface area contributed by atoms with Crippen molar-refractivity contribution in [1.82, 2.24) is 4.98 Å². The Morgan fingerprint density at radius 1 is 1.06 bits per heavy atom. The number of hydrazine groups is 1. The first-order valence-corrected chi connectivity index (χ1v) is 5.03. The SMILES string of the molecule is O=C(O)c1cccnc1NNc1ccccc1. The Morgan fingerprint density at radius 3 is 2.53 bits per heavy atom. The number of aromatic carboxylic acids is 1. The summed E-state index contributed by atoms with van der Waals surface area (Å²) in [5.74, 6) is -0.737. The Labute approximate surface area is 98.1 Å². The molecule has 17 heavy (non-hydrogen) atoms. The van der Waals surface area contributed by atoms with Crippen LogP contribution in [-0.2, 0) is 0 Å². The van der Waals surface area contributed by atoms with Crippen molar-refractivity contribution < 1.29 is 9.90 Å². The number of carboxylic acid groups (broad SMARTS) is 1. The van der Waals surface area contributed by atoms with Gasteiger partial charge in [-0.05, 0) is 24.3 Å². The maximum atomic E-state index is 10.9. The standard InChI is InChI=1S/C12H11N3O2/c16-12(17)10-7-4-8-13-11(10)15-14-9-5-2-1-3-6-9/h1-8,14H,(H,13,15)(H,16,17). The van der Waals surface area contributed by atoms with Crippen LogP contribution in [0.5, 0.6) is 0 Å².